The molecular formula is C52H34N2O. The number of nitrogens with zero attached hydrogens (tertiary/aromatic N) is 2. The van der Waals surface area contributed by atoms with Crippen molar-refractivity contribution >= 4 is 71.6 Å². The van der Waals surface area contributed by atoms with Crippen molar-refractivity contribution in [3.05, 3.63) is 206 Å². The van der Waals surface area contributed by atoms with Crippen molar-refractivity contribution in [2.45, 2.75) is 0 Å². The van der Waals surface area contributed by atoms with Gasteiger partial charge in [0, 0.05) is 43.9 Å². The molecule has 0 bridgehead atoms. The molecule has 3 nitrogen and oxygen atoms in total. The number of rotatable bonds is 6. The Morgan fingerprint density at radius 3 is 1.85 bits per heavy atom. The van der Waals surface area contributed by atoms with E-state index in [1.807, 2.05) is 6.07 Å². The van der Waals surface area contributed by atoms with Crippen LogP contribution in [0.25, 0.3) is 82.5 Å². The molecule has 11 rings (SSSR count). The number of hydrogen-bond donors (Lipinski definition) is 0. The lowest BCUT2D eigenvalue weighted by Gasteiger charge is -2.29. The Labute approximate surface area is 318 Å². The summed E-state index contributed by atoms with van der Waals surface area (Å²) in [6.45, 7) is 0. The van der Waals surface area contributed by atoms with E-state index in [2.05, 4.69) is 210 Å². The number of anilines is 3. The van der Waals surface area contributed by atoms with Gasteiger partial charge in [0.05, 0.1) is 22.4 Å². The molecular weight excluding hydrogens is 669 g/mol. The van der Waals surface area contributed by atoms with Crippen LogP contribution >= 0.6 is 0 Å². The van der Waals surface area contributed by atoms with Crippen molar-refractivity contribution in [1.82, 2.24) is 4.57 Å². The number of fused-ring (bicyclic) bond motifs is 7. The monoisotopic (exact) mass is 702 g/mol. The summed E-state index contributed by atoms with van der Waals surface area (Å²) in [6, 6.07) is 73.9. The zero-order chi connectivity index (χ0) is 36.3. The quantitative estimate of drug-likeness (QED) is 0.172. The largest absolute Gasteiger partial charge is 0.454 e. The molecule has 0 aliphatic rings. The maximum Gasteiger partial charge on any atom is 0.159 e. The van der Waals surface area contributed by atoms with E-state index in [0.717, 1.165) is 66.7 Å². The summed E-state index contributed by atoms with van der Waals surface area (Å²) in [7, 11) is 0. The van der Waals surface area contributed by atoms with Crippen LogP contribution in [0, 0.1) is 0 Å². The second kappa shape index (κ2) is 12.6. The van der Waals surface area contributed by atoms with E-state index < -0.39 is 0 Å². The van der Waals surface area contributed by atoms with E-state index in [-0.39, 0.29) is 0 Å². The minimum atomic E-state index is 0.854. The first-order chi connectivity index (χ1) is 27.3. The lowest BCUT2D eigenvalue weighted by molar-refractivity contribution is 0.669. The van der Waals surface area contributed by atoms with E-state index in [9.17, 15) is 0 Å². The van der Waals surface area contributed by atoms with Gasteiger partial charge in [0.2, 0.25) is 0 Å². The van der Waals surface area contributed by atoms with Crippen molar-refractivity contribution in [3.8, 4) is 27.9 Å². The normalized spacial score (nSPS) is 11.6. The summed E-state index contributed by atoms with van der Waals surface area (Å²) < 4.78 is 9.20. The third-order valence-electron chi connectivity index (χ3n) is 11.0. The van der Waals surface area contributed by atoms with Crippen LogP contribution < -0.4 is 4.90 Å². The molecule has 3 heteroatoms. The predicted octanol–water partition coefficient (Wildman–Crippen LogP) is 14.6. The molecule has 0 N–H and O–H groups in total. The van der Waals surface area contributed by atoms with E-state index in [4.69, 9.17) is 4.42 Å². The van der Waals surface area contributed by atoms with Crippen molar-refractivity contribution in [1.29, 1.82) is 0 Å². The van der Waals surface area contributed by atoms with Gasteiger partial charge in [-0.3, -0.25) is 0 Å². The van der Waals surface area contributed by atoms with Crippen LogP contribution in [0.2, 0.25) is 0 Å². The summed E-state index contributed by atoms with van der Waals surface area (Å²) in [5.74, 6) is 0. The van der Waals surface area contributed by atoms with Gasteiger partial charge in [-0.2, -0.15) is 0 Å². The number of benzene rings is 9. The summed E-state index contributed by atoms with van der Waals surface area (Å²) >= 11 is 0. The van der Waals surface area contributed by atoms with Crippen LogP contribution in [-0.2, 0) is 0 Å². The molecule has 0 unspecified atom stereocenters. The molecule has 0 radical (unpaired) electrons. The molecule has 0 fully saturated rings. The third kappa shape index (κ3) is 5.05. The second-order valence-corrected chi connectivity index (χ2v) is 14.1. The van der Waals surface area contributed by atoms with Gasteiger partial charge < -0.3 is 13.9 Å². The zero-order valence-electron chi connectivity index (χ0n) is 29.9. The maximum atomic E-state index is 6.79. The molecule has 0 amide bonds. The predicted molar refractivity (Wildman–Crippen MR) is 231 cm³/mol. The minimum absolute atomic E-state index is 0.854. The molecule has 0 saturated heterocycles. The van der Waals surface area contributed by atoms with Crippen molar-refractivity contribution in [3.63, 3.8) is 0 Å². The first-order valence-corrected chi connectivity index (χ1v) is 18.8. The van der Waals surface area contributed by atoms with Gasteiger partial charge in [-0.25, -0.2) is 0 Å². The van der Waals surface area contributed by atoms with E-state index in [0.29, 0.717) is 0 Å². The Balaban J connectivity index is 1.22. The smallest absolute Gasteiger partial charge is 0.159 e. The molecule has 9 aromatic carbocycles. The molecule has 2 aromatic heterocycles. The van der Waals surface area contributed by atoms with Gasteiger partial charge in [0.15, 0.2) is 5.58 Å². The Morgan fingerprint density at radius 2 is 1.04 bits per heavy atom. The average Bonchev–Trinajstić information content (AvgIpc) is 3.81. The first kappa shape index (κ1) is 31.2. The SMILES string of the molecule is c1ccc(-c2ccc(-n3c4ccccc4c4ccc(N(c5c(-c6ccccc6)ccc6ccccc56)c5cccc6c5oc5ccccc56)cc43)cc2)cc1. The summed E-state index contributed by atoms with van der Waals surface area (Å²) in [5, 5.41) is 6.96. The van der Waals surface area contributed by atoms with Crippen molar-refractivity contribution < 1.29 is 4.42 Å². The van der Waals surface area contributed by atoms with Crippen LogP contribution in [0.15, 0.2) is 211 Å². The number of aromatic nitrogens is 1. The summed E-state index contributed by atoms with van der Waals surface area (Å²) in [5.41, 5.74) is 13.0. The standard InChI is InChI=1S/C52H34N2O/c1-3-14-35(15-4-1)36-26-29-39(30-27-36)53-47-23-11-9-20-43(47)44-33-31-40(34-49(44)53)54(48-24-13-22-46-45-21-10-12-25-50(45)55-52(46)48)51-41-19-8-7-18-38(41)28-32-42(51)37-16-5-2-6-17-37/h1-34H. The highest BCUT2D eigenvalue weighted by Crippen LogP contribution is 2.49. The lowest BCUT2D eigenvalue weighted by Crippen LogP contribution is -2.12. The highest BCUT2D eigenvalue weighted by atomic mass is 16.3. The molecule has 0 saturated carbocycles. The maximum absolute atomic E-state index is 6.79. The fourth-order valence-electron chi connectivity index (χ4n) is 8.45. The Morgan fingerprint density at radius 1 is 0.400 bits per heavy atom. The fourth-order valence-corrected chi connectivity index (χ4v) is 8.45. The zero-order valence-corrected chi connectivity index (χ0v) is 29.9. The third-order valence-corrected chi connectivity index (χ3v) is 11.0. The second-order valence-electron chi connectivity index (χ2n) is 14.1. The van der Waals surface area contributed by atoms with Crippen LogP contribution in [0.1, 0.15) is 0 Å². The fraction of sp³-hybridized carbons (Fsp3) is 0. The topological polar surface area (TPSA) is 21.3 Å². The highest BCUT2D eigenvalue weighted by molar-refractivity contribution is 6.15. The van der Waals surface area contributed by atoms with Crippen molar-refractivity contribution in [2.24, 2.45) is 0 Å². The molecule has 2 heterocycles. The number of hydrogen-bond acceptors (Lipinski definition) is 2. The summed E-state index contributed by atoms with van der Waals surface area (Å²) in [6.07, 6.45) is 0. The van der Waals surface area contributed by atoms with Gasteiger partial charge in [-0.15, -0.1) is 0 Å². The van der Waals surface area contributed by atoms with Crippen LogP contribution in [0.3, 0.4) is 0 Å². The molecule has 11 aromatic rings. The van der Waals surface area contributed by atoms with Crippen LogP contribution in [0.4, 0.5) is 17.1 Å². The summed E-state index contributed by atoms with van der Waals surface area (Å²) in [4.78, 5) is 2.43. The molecule has 0 atom stereocenters. The Kier molecular flexibility index (Phi) is 7.17. The van der Waals surface area contributed by atoms with E-state index in [1.165, 1.54) is 32.8 Å². The van der Waals surface area contributed by atoms with Crippen LogP contribution in [0.5, 0.6) is 0 Å². The number of furan rings is 1. The van der Waals surface area contributed by atoms with Gasteiger partial charge in [0.1, 0.15) is 5.58 Å². The van der Waals surface area contributed by atoms with Crippen LogP contribution in [-0.4, -0.2) is 4.57 Å². The number of para-hydroxylation sites is 3. The Bertz CT molecular complexity index is 3190. The molecule has 258 valence electrons. The van der Waals surface area contributed by atoms with E-state index in [1.54, 1.807) is 0 Å². The molecule has 55 heavy (non-hydrogen) atoms. The van der Waals surface area contributed by atoms with Gasteiger partial charge in [-0.05, 0) is 64.5 Å². The average molecular weight is 703 g/mol. The molecule has 0 aliphatic heterocycles. The molecule has 0 aliphatic carbocycles. The van der Waals surface area contributed by atoms with Gasteiger partial charge >= 0.3 is 0 Å². The van der Waals surface area contributed by atoms with Gasteiger partial charge in [-0.1, -0.05) is 164 Å². The first-order valence-electron chi connectivity index (χ1n) is 18.8. The lowest BCUT2D eigenvalue weighted by atomic mass is 9.96. The molecule has 0 spiro atoms. The van der Waals surface area contributed by atoms with Gasteiger partial charge in [0.25, 0.3) is 0 Å². The Hall–Kier alpha value is -7.36. The van der Waals surface area contributed by atoms with Crippen molar-refractivity contribution in [2.75, 3.05) is 4.90 Å². The minimum Gasteiger partial charge on any atom is -0.454 e. The highest BCUT2D eigenvalue weighted by Gasteiger charge is 2.25. The van der Waals surface area contributed by atoms with E-state index >= 15 is 0 Å².